The molecule has 0 aliphatic rings. The van der Waals surface area contributed by atoms with E-state index in [0.717, 1.165) is 16.2 Å². The number of rotatable bonds is 5. The molecule has 2 nitrogen and oxygen atoms in total. The SMILES string of the molecule is CCCN(c1nc(-c2c(Cl)cc(Cl)cc2Cl)cs1)c1cc(C(F)(F)F)ccc1C(F)(F)F. The van der Waals surface area contributed by atoms with E-state index < -0.39 is 29.2 Å². The first-order valence-corrected chi connectivity index (χ1v) is 11.0. The Labute approximate surface area is 198 Å². The van der Waals surface area contributed by atoms with Gasteiger partial charge in [-0.15, -0.1) is 11.3 Å². The van der Waals surface area contributed by atoms with Crippen molar-refractivity contribution >= 4 is 57.0 Å². The third-order valence-corrected chi connectivity index (χ3v) is 6.03. The van der Waals surface area contributed by atoms with E-state index in [1.165, 1.54) is 17.5 Å². The lowest BCUT2D eigenvalue weighted by molar-refractivity contribution is -0.141. The molecule has 0 aliphatic carbocycles. The number of hydrogen-bond acceptors (Lipinski definition) is 3. The van der Waals surface area contributed by atoms with Gasteiger partial charge < -0.3 is 4.90 Å². The molecule has 3 aromatic rings. The number of anilines is 2. The summed E-state index contributed by atoms with van der Waals surface area (Å²) in [7, 11) is 0. The summed E-state index contributed by atoms with van der Waals surface area (Å²) in [4.78, 5) is 5.44. The van der Waals surface area contributed by atoms with E-state index in [-0.39, 0.29) is 32.4 Å². The number of alkyl halides is 6. The standard InChI is InChI=1S/C20H13Cl3F6N2S/c1-2-5-31(16-6-10(19(24,25)26)3-4-12(16)20(27,28)29)18-30-15(9-32-18)17-13(22)7-11(21)8-14(17)23/h3-4,6-9H,2,5H2,1H3. The summed E-state index contributed by atoms with van der Waals surface area (Å²) in [5.41, 5.74) is -2.45. The summed E-state index contributed by atoms with van der Waals surface area (Å²) in [6.07, 6.45) is -9.32. The summed E-state index contributed by atoms with van der Waals surface area (Å²) in [6, 6.07) is 4.20. The molecule has 172 valence electrons. The van der Waals surface area contributed by atoms with Crippen LogP contribution in [0.4, 0.5) is 37.2 Å². The van der Waals surface area contributed by atoms with Gasteiger partial charge in [-0.05, 0) is 36.8 Å². The van der Waals surface area contributed by atoms with Crippen LogP contribution in [-0.2, 0) is 12.4 Å². The molecule has 0 spiro atoms. The van der Waals surface area contributed by atoms with E-state index in [0.29, 0.717) is 30.2 Å². The average Bonchev–Trinajstić information content (AvgIpc) is 3.12. The molecule has 0 saturated heterocycles. The third-order valence-electron chi connectivity index (χ3n) is 4.35. The molecular formula is C20H13Cl3F6N2S. The number of hydrogen-bond donors (Lipinski definition) is 0. The van der Waals surface area contributed by atoms with Gasteiger partial charge in [0.2, 0.25) is 0 Å². The first-order chi connectivity index (χ1) is 14.8. The summed E-state index contributed by atoms with van der Waals surface area (Å²) >= 11 is 19.3. The maximum absolute atomic E-state index is 13.6. The van der Waals surface area contributed by atoms with E-state index in [4.69, 9.17) is 34.8 Å². The van der Waals surface area contributed by atoms with Crippen LogP contribution >= 0.6 is 46.1 Å². The van der Waals surface area contributed by atoms with Crippen molar-refractivity contribution in [2.45, 2.75) is 25.7 Å². The summed E-state index contributed by atoms with van der Waals surface area (Å²) in [6.45, 7) is 1.69. The average molecular weight is 534 g/mol. The fraction of sp³-hybridized carbons (Fsp3) is 0.250. The molecule has 1 aromatic heterocycles. The quantitative estimate of drug-likeness (QED) is 0.304. The highest BCUT2D eigenvalue weighted by atomic mass is 35.5. The van der Waals surface area contributed by atoms with Crippen LogP contribution in [0.1, 0.15) is 24.5 Å². The fourth-order valence-electron chi connectivity index (χ4n) is 3.00. The Morgan fingerprint density at radius 1 is 0.938 bits per heavy atom. The lowest BCUT2D eigenvalue weighted by Crippen LogP contribution is -2.23. The van der Waals surface area contributed by atoms with Crippen LogP contribution in [0.25, 0.3) is 11.3 Å². The number of nitrogens with zero attached hydrogens (tertiary/aromatic N) is 2. The van der Waals surface area contributed by atoms with Crippen molar-refractivity contribution in [3.05, 3.63) is 61.9 Å². The van der Waals surface area contributed by atoms with E-state index in [1.54, 1.807) is 6.92 Å². The molecule has 0 fully saturated rings. The zero-order valence-electron chi connectivity index (χ0n) is 16.1. The second-order valence-corrected chi connectivity index (χ2v) is 8.73. The molecule has 2 aromatic carbocycles. The molecule has 0 atom stereocenters. The maximum Gasteiger partial charge on any atom is 0.418 e. The lowest BCUT2D eigenvalue weighted by Gasteiger charge is -2.26. The molecule has 1 heterocycles. The van der Waals surface area contributed by atoms with Crippen molar-refractivity contribution in [2.75, 3.05) is 11.4 Å². The van der Waals surface area contributed by atoms with Crippen molar-refractivity contribution in [2.24, 2.45) is 0 Å². The van der Waals surface area contributed by atoms with E-state index in [9.17, 15) is 26.3 Å². The summed E-state index contributed by atoms with van der Waals surface area (Å²) in [5.74, 6) is 0. The van der Waals surface area contributed by atoms with Crippen molar-refractivity contribution < 1.29 is 26.3 Å². The Hall–Kier alpha value is -1.68. The lowest BCUT2D eigenvalue weighted by atomic mass is 10.1. The van der Waals surface area contributed by atoms with E-state index in [1.807, 2.05) is 0 Å². The Balaban J connectivity index is 2.17. The zero-order valence-corrected chi connectivity index (χ0v) is 19.2. The van der Waals surface area contributed by atoms with Crippen molar-refractivity contribution in [1.29, 1.82) is 0 Å². The Kier molecular flexibility index (Phi) is 7.24. The molecular weight excluding hydrogens is 521 g/mol. The fourth-order valence-corrected chi connectivity index (χ4v) is 4.87. The largest absolute Gasteiger partial charge is 0.418 e. The minimum atomic E-state index is -4.87. The van der Waals surface area contributed by atoms with Gasteiger partial charge in [0.05, 0.1) is 32.6 Å². The van der Waals surface area contributed by atoms with Gasteiger partial charge in [-0.3, -0.25) is 0 Å². The molecule has 0 bridgehead atoms. The number of aromatic nitrogens is 1. The van der Waals surface area contributed by atoms with Crippen LogP contribution < -0.4 is 4.90 Å². The summed E-state index contributed by atoms with van der Waals surface area (Å²) in [5, 5.41) is 2.21. The normalized spacial score (nSPS) is 12.3. The first kappa shape index (κ1) is 25.0. The molecule has 0 aliphatic heterocycles. The Morgan fingerprint density at radius 2 is 1.56 bits per heavy atom. The van der Waals surface area contributed by atoms with Crippen LogP contribution in [0.5, 0.6) is 0 Å². The highest BCUT2D eigenvalue weighted by molar-refractivity contribution is 7.14. The number of thiazole rings is 1. The molecule has 0 amide bonds. The minimum Gasteiger partial charge on any atom is -0.317 e. The Bertz CT molecular complexity index is 1100. The second kappa shape index (κ2) is 9.29. The highest BCUT2D eigenvalue weighted by Crippen LogP contribution is 2.45. The summed E-state index contributed by atoms with van der Waals surface area (Å²) < 4.78 is 80.6. The van der Waals surface area contributed by atoms with Gasteiger partial charge in [0, 0.05) is 22.5 Å². The topological polar surface area (TPSA) is 16.1 Å². The third kappa shape index (κ3) is 5.27. The molecule has 0 N–H and O–H groups in total. The van der Waals surface area contributed by atoms with Crippen molar-refractivity contribution in [3.63, 3.8) is 0 Å². The predicted molar refractivity (Wildman–Crippen MR) is 116 cm³/mol. The Morgan fingerprint density at radius 3 is 2.09 bits per heavy atom. The highest BCUT2D eigenvalue weighted by Gasteiger charge is 2.39. The monoisotopic (exact) mass is 532 g/mol. The molecule has 0 saturated carbocycles. The van der Waals surface area contributed by atoms with Gasteiger partial charge in [-0.1, -0.05) is 41.7 Å². The molecule has 3 rings (SSSR count). The van der Waals surface area contributed by atoms with Crippen LogP contribution in [0.3, 0.4) is 0 Å². The molecule has 0 radical (unpaired) electrons. The van der Waals surface area contributed by atoms with Gasteiger partial charge >= 0.3 is 12.4 Å². The molecule has 32 heavy (non-hydrogen) atoms. The van der Waals surface area contributed by atoms with Gasteiger partial charge in [0.25, 0.3) is 0 Å². The second-order valence-electron chi connectivity index (χ2n) is 6.64. The van der Waals surface area contributed by atoms with E-state index >= 15 is 0 Å². The van der Waals surface area contributed by atoms with Gasteiger partial charge in [0.15, 0.2) is 5.13 Å². The predicted octanol–water partition coefficient (Wildman–Crippen LogP) is 9.36. The van der Waals surface area contributed by atoms with E-state index in [2.05, 4.69) is 4.98 Å². The minimum absolute atomic E-state index is 0.000570. The maximum atomic E-state index is 13.6. The number of halogens is 9. The van der Waals surface area contributed by atoms with Crippen LogP contribution in [0, 0.1) is 0 Å². The first-order valence-electron chi connectivity index (χ1n) is 8.99. The van der Waals surface area contributed by atoms with Crippen LogP contribution in [-0.4, -0.2) is 11.5 Å². The van der Waals surface area contributed by atoms with Crippen molar-refractivity contribution in [1.82, 2.24) is 4.98 Å². The molecule has 12 heteroatoms. The van der Waals surface area contributed by atoms with Gasteiger partial charge in [0.1, 0.15) is 0 Å². The van der Waals surface area contributed by atoms with Crippen LogP contribution in [0.2, 0.25) is 15.1 Å². The molecule has 0 unspecified atom stereocenters. The number of benzene rings is 2. The van der Waals surface area contributed by atoms with Gasteiger partial charge in [-0.2, -0.15) is 26.3 Å². The van der Waals surface area contributed by atoms with Gasteiger partial charge in [-0.25, -0.2) is 4.98 Å². The van der Waals surface area contributed by atoms with Crippen molar-refractivity contribution in [3.8, 4) is 11.3 Å². The van der Waals surface area contributed by atoms with Crippen LogP contribution in [0.15, 0.2) is 35.7 Å². The smallest absolute Gasteiger partial charge is 0.317 e. The zero-order chi connectivity index (χ0) is 23.8.